The molecular weight excluding hydrogens is 311 g/mol. The Bertz CT molecular complexity index is 579. The van der Waals surface area contributed by atoms with Crippen molar-refractivity contribution in [3.05, 3.63) is 29.6 Å². The van der Waals surface area contributed by atoms with Crippen molar-refractivity contribution in [2.24, 2.45) is 0 Å². The number of likely N-dealkylation sites (tertiary alicyclic amines) is 1. The number of methoxy groups -OCH3 is 2. The highest BCUT2D eigenvalue weighted by Gasteiger charge is 2.43. The van der Waals surface area contributed by atoms with Gasteiger partial charge in [-0.3, -0.25) is 9.69 Å². The molecule has 1 aromatic carbocycles. The minimum absolute atomic E-state index is 0.0602. The number of nitrogens with zero attached hydrogens (tertiary/aromatic N) is 2. The molecule has 5 nitrogen and oxygen atoms in total. The molecule has 0 radical (unpaired) electrons. The van der Waals surface area contributed by atoms with Gasteiger partial charge in [-0.2, -0.15) is 0 Å². The van der Waals surface area contributed by atoms with Crippen molar-refractivity contribution in [3.8, 4) is 5.75 Å². The van der Waals surface area contributed by atoms with Crippen molar-refractivity contribution in [2.75, 3.05) is 41.5 Å². The normalized spacial score (nSPS) is 21.0. The van der Waals surface area contributed by atoms with E-state index in [1.54, 1.807) is 45.3 Å². The Hall–Kier alpha value is -1.66. The molecule has 24 heavy (non-hydrogen) atoms. The lowest BCUT2D eigenvalue weighted by atomic mass is 9.91. The number of carbonyl (C=O) groups is 1. The number of halogens is 1. The van der Waals surface area contributed by atoms with Gasteiger partial charge in [0.05, 0.1) is 19.3 Å². The van der Waals surface area contributed by atoms with Crippen LogP contribution in [0.1, 0.15) is 24.8 Å². The molecule has 134 valence electrons. The van der Waals surface area contributed by atoms with Crippen molar-refractivity contribution in [3.63, 3.8) is 0 Å². The molecule has 0 N–H and O–H groups in total. The summed E-state index contributed by atoms with van der Waals surface area (Å²) in [5, 5.41) is 0. The minimum atomic E-state index is -0.383. The summed E-state index contributed by atoms with van der Waals surface area (Å²) < 4.78 is 24.8. The van der Waals surface area contributed by atoms with Crippen molar-refractivity contribution < 1.29 is 18.7 Å². The first-order valence-electron chi connectivity index (χ1n) is 8.18. The van der Waals surface area contributed by atoms with Gasteiger partial charge in [0.1, 0.15) is 11.6 Å². The lowest BCUT2D eigenvalue weighted by molar-refractivity contribution is -0.132. The van der Waals surface area contributed by atoms with Crippen LogP contribution in [-0.4, -0.2) is 62.7 Å². The van der Waals surface area contributed by atoms with Gasteiger partial charge in [0.2, 0.25) is 5.91 Å². The topological polar surface area (TPSA) is 42.0 Å². The predicted octanol–water partition coefficient (Wildman–Crippen LogP) is 2.29. The van der Waals surface area contributed by atoms with E-state index < -0.39 is 0 Å². The fraction of sp³-hybridized carbons (Fsp3) is 0.611. The number of benzene rings is 1. The molecule has 1 aromatic rings. The van der Waals surface area contributed by atoms with E-state index in [9.17, 15) is 9.18 Å². The number of hydrogen-bond acceptors (Lipinski definition) is 4. The second-order valence-corrected chi connectivity index (χ2v) is 6.60. The average molecular weight is 338 g/mol. The van der Waals surface area contributed by atoms with E-state index in [1.807, 2.05) is 0 Å². The van der Waals surface area contributed by atoms with Gasteiger partial charge in [0.25, 0.3) is 0 Å². The summed E-state index contributed by atoms with van der Waals surface area (Å²) >= 11 is 0. The second-order valence-electron chi connectivity index (χ2n) is 6.60. The molecule has 1 saturated heterocycles. The summed E-state index contributed by atoms with van der Waals surface area (Å²) in [5.41, 5.74) is 0.194. The molecular formula is C18H27FN2O3. The predicted molar refractivity (Wildman–Crippen MR) is 90.5 cm³/mol. The van der Waals surface area contributed by atoms with Gasteiger partial charge < -0.3 is 14.4 Å². The third-order valence-electron chi connectivity index (χ3n) is 4.75. The SMILES string of the molecule is COC[C@]1(CC(=O)N(C)C)CCCN1Cc1cc(OC)ccc1F. The minimum Gasteiger partial charge on any atom is -0.497 e. The first-order valence-corrected chi connectivity index (χ1v) is 8.18. The van der Waals surface area contributed by atoms with Crippen LogP contribution in [0.2, 0.25) is 0 Å². The summed E-state index contributed by atoms with van der Waals surface area (Å²) in [7, 11) is 6.72. The van der Waals surface area contributed by atoms with Crippen LogP contribution in [-0.2, 0) is 16.1 Å². The van der Waals surface area contributed by atoms with E-state index in [-0.39, 0.29) is 17.3 Å². The summed E-state index contributed by atoms with van der Waals surface area (Å²) in [5.74, 6) is 0.435. The van der Waals surface area contributed by atoms with E-state index in [1.165, 1.54) is 6.07 Å². The maximum absolute atomic E-state index is 14.2. The monoisotopic (exact) mass is 338 g/mol. The Morgan fingerprint density at radius 3 is 2.75 bits per heavy atom. The lowest BCUT2D eigenvalue weighted by Crippen LogP contribution is -2.50. The molecule has 2 rings (SSSR count). The van der Waals surface area contributed by atoms with E-state index in [2.05, 4.69) is 4.90 Å². The molecule has 1 amide bonds. The molecule has 1 atom stereocenters. The molecule has 6 heteroatoms. The molecule has 0 spiro atoms. The fourth-order valence-corrected chi connectivity index (χ4v) is 3.37. The number of rotatable bonds is 7. The van der Waals surface area contributed by atoms with Gasteiger partial charge in [-0.05, 0) is 37.6 Å². The van der Waals surface area contributed by atoms with Crippen LogP contribution in [0.25, 0.3) is 0 Å². The van der Waals surface area contributed by atoms with Crippen LogP contribution < -0.4 is 4.74 Å². The second kappa shape index (κ2) is 7.94. The summed E-state index contributed by atoms with van der Waals surface area (Å²) in [6.07, 6.45) is 2.21. The van der Waals surface area contributed by atoms with Gasteiger partial charge in [-0.15, -0.1) is 0 Å². The Labute approximate surface area is 143 Å². The Morgan fingerprint density at radius 2 is 2.12 bits per heavy atom. The van der Waals surface area contributed by atoms with Gasteiger partial charge in [-0.1, -0.05) is 0 Å². The van der Waals surface area contributed by atoms with E-state index in [0.717, 1.165) is 19.4 Å². The van der Waals surface area contributed by atoms with Crippen LogP contribution in [0.4, 0.5) is 4.39 Å². The molecule has 0 bridgehead atoms. The molecule has 0 aliphatic carbocycles. The van der Waals surface area contributed by atoms with Crippen LogP contribution in [0.5, 0.6) is 5.75 Å². The standard InChI is InChI=1S/C18H27FN2O3/c1-20(2)17(22)11-18(13-23-3)8-5-9-21(18)12-14-10-15(24-4)6-7-16(14)19/h6-7,10H,5,8-9,11-13H2,1-4H3/t18-/m1/s1. The summed E-state index contributed by atoms with van der Waals surface area (Å²) in [4.78, 5) is 16.1. The number of carbonyl (C=O) groups excluding carboxylic acids is 1. The number of hydrogen-bond donors (Lipinski definition) is 0. The van der Waals surface area contributed by atoms with Crippen LogP contribution in [0.3, 0.4) is 0 Å². The Balaban J connectivity index is 2.24. The third kappa shape index (κ3) is 4.05. The summed E-state index contributed by atoms with van der Waals surface area (Å²) in [6, 6.07) is 4.76. The zero-order valence-corrected chi connectivity index (χ0v) is 15.0. The van der Waals surface area contributed by atoms with Gasteiger partial charge in [0, 0.05) is 39.7 Å². The first kappa shape index (κ1) is 18.7. The Morgan fingerprint density at radius 1 is 1.38 bits per heavy atom. The first-order chi connectivity index (χ1) is 11.4. The summed E-state index contributed by atoms with van der Waals surface area (Å²) in [6.45, 7) is 1.71. The third-order valence-corrected chi connectivity index (χ3v) is 4.75. The number of amides is 1. The van der Waals surface area contributed by atoms with E-state index in [4.69, 9.17) is 9.47 Å². The molecule has 0 unspecified atom stereocenters. The average Bonchev–Trinajstić information content (AvgIpc) is 2.92. The largest absolute Gasteiger partial charge is 0.497 e. The molecule has 0 saturated carbocycles. The quantitative estimate of drug-likeness (QED) is 0.765. The molecule has 0 aromatic heterocycles. The molecule has 1 heterocycles. The fourth-order valence-electron chi connectivity index (χ4n) is 3.37. The highest BCUT2D eigenvalue weighted by molar-refractivity contribution is 5.77. The van der Waals surface area contributed by atoms with Crippen molar-refractivity contribution in [1.29, 1.82) is 0 Å². The van der Waals surface area contributed by atoms with Crippen molar-refractivity contribution in [1.82, 2.24) is 9.80 Å². The van der Waals surface area contributed by atoms with Gasteiger partial charge in [-0.25, -0.2) is 4.39 Å². The number of ether oxygens (including phenoxy) is 2. The maximum Gasteiger partial charge on any atom is 0.224 e. The highest BCUT2D eigenvalue weighted by Crippen LogP contribution is 2.35. The molecule has 1 aliphatic rings. The maximum atomic E-state index is 14.2. The van der Waals surface area contributed by atoms with E-state index >= 15 is 0 Å². The zero-order valence-electron chi connectivity index (χ0n) is 15.0. The smallest absolute Gasteiger partial charge is 0.224 e. The van der Waals surface area contributed by atoms with Gasteiger partial charge in [0.15, 0.2) is 0 Å². The van der Waals surface area contributed by atoms with Crippen LogP contribution in [0.15, 0.2) is 18.2 Å². The zero-order chi connectivity index (χ0) is 17.7. The Kier molecular flexibility index (Phi) is 6.18. The van der Waals surface area contributed by atoms with E-state index in [0.29, 0.717) is 30.9 Å². The van der Waals surface area contributed by atoms with Crippen LogP contribution >= 0.6 is 0 Å². The van der Waals surface area contributed by atoms with Crippen molar-refractivity contribution >= 4 is 5.91 Å². The molecule has 1 aliphatic heterocycles. The highest BCUT2D eigenvalue weighted by atomic mass is 19.1. The van der Waals surface area contributed by atoms with Gasteiger partial charge >= 0.3 is 0 Å². The molecule has 1 fully saturated rings. The van der Waals surface area contributed by atoms with Crippen LogP contribution in [0, 0.1) is 5.82 Å². The lowest BCUT2D eigenvalue weighted by Gasteiger charge is -2.38. The van der Waals surface area contributed by atoms with Crippen molar-refractivity contribution in [2.45, 2.75) is 31.3 Å².